The van der Waals surface area contributed by atoms with E-state index in [0.717, 1.165) is 4.90 Å². The van der Waals surface area contributed by atoms with Gasteiger partial charge in [-0.1, -0.05) is 0 Å². The van der Waals surface area contributed by atoms with E-state index in [-0.39, 0.29) is 39.0 Å². The van der Waals surface area contributed by atoms with Crippen LogP contribution in [0, 0.1) is 0 Å². The lowest BCUT2D eigenvalue weighted by molar-refractivity contribution is -0.215. The summed E-state index contributed by atoms with van der Waals surface area (Å²) in [5.41, 5.74) is -0.911. The Kier molecular flexibility index (Phi) is 7.21. The molecule has 0 aromatic carbocycles. The molecule has 30 heavy (non-hydrogen) atoms. The van der Waals surface area contributed by atoms with Crippen LogP contribution in [0.25, 0.3) is 0 Å². The SMILES string of the molecule is CC(C(F)(F)F)S(=O)(=O)NC1COC2(CCN(C(=O)OC(CO)C(F)(F)F)CC2)C1. The molecule has 3 atom stereocenters. The standard InChI is InChI=1S/C15H22F6N2O6S/c1-9(14(16,17)18)30(26,27)22-10-6-13(28-8-10)2-4-23(5-3-13)12(25)29-11(7-24)15(19,20)21/h9-11,22,24H,2-8H2,1H3. The number of hydrogen-bond donors (Lipinski definition) is 2. The zero-order valence-corrected chi connectivity index (χ0v) is 16.6. The molecular weight excluding hydrogens is 450 g/mol. The predicted octanol–water partition coefficient (Wildman–Crippen LogP) is 1.54. The zero-order valence-electron chi connectivity index (χ0n) is 15.8. The van der Waals surface area contributed by atoms with Crippen molar-refractivity contribution in [2.24, 2.45) is 0 Å². The Labute approximate surface area is 168 Å². The van der Waals surface area contributed by atoms with Gasteiger partial charge in [-0.3, -0.25) is 0 Å². The van der Waals surface area contributed by atoms with Gasteiger partial charge in [-0.15, -0.1) is 0 Å². The second-order valence-electron chi connectivity index (χ2n) is 7.33. The summed E-state index contributed by atoms with van der Waals surface area (Å²) in [5, 5.41) is 6.12. The second-order valence-corrected chi connectivity index (χ2v) is 9.36. The molecule has 176 valence electrons. The van der Waals surface area contributed by atoms with Crippen LogP contribution in [0.1, 0.15) is 26.2 Å². The fraction of sp³-hybridized carbons (Fsp3) is 0.933. The Morgan fingerprint density at radius 2 is 1.80 bits per heavy atom. The van der Waals surface area contributed by atoms with Gasteiger partial charge in [0.15, 0.2) is 5.25 Å². The highest BCUT2D eigenvalue weighted by Crippen LogP contribution is 2.37. The maximum absolute atomic E-state index is 12.7. The molecule has 2 N–H and O–H groups in total. The molecule has 2 rings (SSSR count). The quantitative estimate of drug-likeness (QED) is 0.589. The number of hydrogen-bond acceptors (Lipinski definition) is 6. The van der Waals surface area contributed by atoms with E-state index in [0.29, 0.717) is 6.92 Å². The van der Waals surface area contributed by atoms with Crippen LogP contribution in [0.2, 0.25) is 0 Å². The number of carbonyl (C=O) groups is 1. The number of piperidine rings is 1. The minimum absolute atomic E-state index is 0.0571. The van der Waals surface area contributed by atoms with Gasteiger partial charge in [0.1, 0.15) is 0 Å². The minimum Gasteiger partial charge on any atom is -0.434 e. The number of aliphatic hydroxyl groups is 1. The molecule has 3 unspecified atom stereocenters. The van der Waals surface area contributed by atoms with Crippen molar-refractivity contribution in [2.75, 3.05) is 26.3 Å². The fourth-order valence-corrected chi connectivity index (χ4v) is 4.45. The van der Waals surface area contributed by atoms with E-state index in [1.807, 2.05) is 4.72 Å². The van der Waals surface area contributed by atoms with Gasteiger partial charge in [-0.25, -0.2) is 17.9 Å². The number of alkyl halides is 6. The van der Waals surface area contributed by atoms with Gasteiger partial charge in [-0.05, 0) is 26.2 Å². The molecule has 2 heterocycles. The molecule has 2 aliphatic rings. The molecule has 0 aliphatic carbocycles. The molecule has 0 saturated carbocycles. The Balaban J connectivity index is 1.90. The molecule has 0 aromatic rings. The number of likely N-dealkylation sites (tertiary alicyclic amines) is 1. The molecule has 15 heteroatoms. The first-order valence-corrected chi connectivity index (χ1v) is 10.5. The number of halogens is 6. The summed E-state index contributed by atoms with van der Waals surface area (Å²) >= 11 is 0. The van der Waals surface area contributed by atoms with Crippen molar-refractivity contribution in [1.82, 2.24) is 9.62 Å². The van der Waals surface area contributed by atoms with Crippen molar-refractivity contribution in [1.29, 1.82) is 0 Å². The van der Waals surface area contributed by atoms with E-state index in [2.05, 4.69) is 4.74 Å². The summed E-state index contributed by atoms with van der Waals surface area (Å²) in [6.07, 6.45) is -13.5. The third kappa shape index (κ3) is 5.88. The first kappa shape index (κ1) is 24.9. The van der Waals surface area contributed by atoms with Crippen molar-refractivity contribution in [3.05, 3.63) is 0 Å². The molecule has 0 radical (unpaired) electrons. The summed E-state index contributed by atoms with van der Waals surface area (Å²) in [6, 6.07) is -0.901. The monoisotopic (exact) mass is 472 g/mol. The molecule has 1 spiro atoms. The Bertz CT molecular complexity index is 720. The van der Waals surface area contributed by atoms with Gasteiger partial charge in [0.2, 0.25) is 16.1 Å². The first-order chi connectivity index (χ1) is 13.6. The number of nitrogens with zero attached hydrogens (tertiary/aromatic N) is 1. The van der Waals surface area contributed by atoms with E-state index in [1.54, 1.807) is 0 Å². The van der Waals surface area contributed by atoms with Gasteiger partial charge < -0.3 is 19.5 Å². The lowest BCUT2D eigenvalue weighted by atomic mass is 9.88. The maximum atomic E-state index is 12.7. The fourth-order valence-electron chi connectivity index (χ4n) is 3.28. The van der Waals surface area contributed by atoms with Crippen LogP contribution in [0.15, 0.2) is 0 Å². The number of nitrogens with one attached hydrogen (secondary N) is 1. The highest BCUT2D eigenvalue weighted by molar-refractivity contribution is 7.90. The number of aliphatic hydroxyl groups excluding tert-OH is 1. The number of amides is 1. The number of carbonyl (C=O) groups excluding carboxylic acids is 1. The summed E-state index contributed by atoms with van der Waals surface area (Å²) in [7, 11) is -4.68. The Morgan fingerprint density at radius 1 is 1.23 bits per heavy atom. The van der Waals surface area contributed by atoms with Crippen LogP contribution in [0.4, 0.5) is 31.1 Å². The van der Waals surface area contributed by atoms with Crippen LogP contribution >= 0.6 is 0 Å². The minimum atomic E-state index is -4.93. The largest absolute Gasteiger partial charge is 0.434 e. The van der Waals surface area contributed by atoms with Crippen molar-refractivity contribution in [3.8, 4) is 0 Å². The van der Waals surface area contributed by atoms with Gasteiger partial charge in [0.05, 0.1) is 18.8 Å². The first-order valence-electron chi connectivity index (χ1n) is 8.94. The van der Waals surface area contributed by atoms with Gasteiger partial charge in [0.25, 0.3) is 0 Å². The number of rotatable bonds is 5. The average molecular weight is 472 g/mol. The van der Waals surface area contributed by atoms with E-state index in [1.165, 1.54) is 0 Å². The van der Waals surface area contributed by atoms with Gasteiger partial charge in [0, 0.05) is 19.1 Å². The maximum Gasteiger partial charge on any atom is 0.427 e. The number of sulfonamides is 1. The zero-order chi connectivity index (χ0) is 23.0. The smallest absolute Gasteiger partial charge is 0.427 e. The van der Waals surface area contributed by atoms with E-state index in [9.17, 15) is 39.6 Å². The van der Waals surface area contributed by atoms with Gasteiger partial charge >= 0.3 is 18.4 Å². The summed E-state index contributed by atoms with van der Waals surface area (Å²) < 4.78 is 111. The average Bonchev–Trinajstić information content (AvgIpc) is 2.99. The predicted molar refractivity (Wildman–Crippen MR) is 88.9 cm³/mol. The molecule has 0 aromatic heterocycles. The lowest BCUT2D eigenvalue weighted by Gasteiger charge is -2.38. The molecule has 0 bridgehead atoms. The van der Waals surface area contributed by atoms with Gasteiger partial charge in [-0.2, -0.15) is 26.3 Å². The van der Waals surface area contributed by atoms with Crippen molar-refractivity contribution >= 4 is 16.1 Å². The van der Waals surface area contributed by atoms with Crippen LogP contribution in [-0.4, -0.2) is 86.2 Å². The lowest BCUT2D eigenvalue weighted by Crippen LogP contribution is -2.50. The van der Waals surface area contributed by atoms with Crippen LogP contribution in [-0.2, 0) is 19.5 Å². The van der Waals surface area contributed by atoms with Crippen molar-refractivity contribution in [3.63, 3.8) is 0 Å². The normalized spacial score (nSPS) is 24.7. The van der Waals surface area contributed by atoms with Crippen LogP contribution in [0.5, 0.6) is 0 Å². The summed E-state index contributed by atoms with van der Waals surface area (Å²) in [5.74, 6) is 0. The molecule has 8 nitrogen and oxygen atoms in total. The summed E-state index contributed by atoms with van der Waals surface area (Å²) in [6.45, 7) is -1.19. The van der Waals surface area contributed by atoms with E-state index < -0.39 is 58.1 Å². The highest BCUT2D eigenvalue weighted by atomic mass is 32.2. The molecular formula is C15H22F6N2O6S. The number of ether oxygens (including phenoxy) is 2. The summed E-state index contributed by atoms with van der Waals surface area (Å²) in [4.78, 5) is 12.9. The third-order valence-electron chi connectivity index (χ3n) is 5.17. The molecule has 1 amide bonds. The van der Waals surface area contributed by atoms with Crippen LogP contribution in [0.3, 0.4) is 0 Å². The Hall–Kier alpha value is -1.32. The second kappa shape index (κ2) is 8.67. The van der Waals surface area contributed by atoms with E-state index >= 15 is 0 Å². The topological polar surface area (TPSA) is 105 Å². The molecule has 2 saturated heterocycles. The van der Waals surface area contributed by atoms with Crippen molar-refractivity contribution in [2.45, 2.75) is 61.5 Å². The molecule has 2 fully saturated rings. The Morgan fingerprint density at radius 3 is 2.27 bits per heavy atom. The van der Waals surface area contributed by atoms with Crippen LogP contribution < -0.4 is 4.72 Å². The van der Waals surface area contributed by atoms with Crippen molar-refractivity contribution < 1.29 is 54.1 Å². The third-order valence-corrected chi connectivity index (χ3v) is 7.03. The van der Waals surface area contributed by atoms with E-state index in [4.69, 9.17) is 9.84 Å². The highest BCUT2D eigenvalue weighted by Gasteiger charge is 2.49. The molecule has 2 aliphatic heterocycles.